The number of rotatable bonds is 4. The third kappa shape index (κ3) is 2.81. The highest BCUT2D eigenvalue weighted by molar-refractivity contribution is 5.77. The molecule has 1 aliphatic rings. The number of imidazole rings is 1. The van der Waals surface area contributed by atoms with Crippen molar-refractivity contribution in [2.24, 2.45) is 0 Å². The maximum atomic E-state index is 12.1. The van der Waals surface area contributed by atoms with Crippen molar-refractivity contribution in [3.8, 4) is 0 Å². The molecule has 1 aromatic rings. The average Bonchev–Trinajstić information content (AvgIpc) is 2.78. The second-order valence-electron chi connectivity index (χ2n) is 4.64. The smallest absolute Gasteiger partial charge is 0.333 e. The van der Waals surface area contributed by atoms with Gasteiger partial charge in [0.1, 0.15) is 0 Å². The summed E-state index contributed by atoms with van der Waals surface area (Å²) in [7, 11) is 0. The van der Waals surface area contributed by atoms with Crippen LogP contribution in [-0.4, -0.2) is 22.1 Å². The fourth-order valence-corrected chi connectivity index (χ4v) is 2.38. The molecule has 1 atom stereocenters. The van der Waals surface area contributed by atoms with Crippen molar-refractivity contribution < 1.29 is 9.53 Å². The van der Waals surface area contributed by atoms with Crippen LogP contribution in [0.5, 0.6) is 0 Å². The second kappa shape index (κ2) is 5.85. The van der Waals surface area contributed by atoms with Crippen LogP contribution < -0.4 is 0 Å². The Morgan fingerprint density at radius 3 is 2.94 bits per heavy atom. The van der Waals surface area contributed by atoms with Crippen molar-refractivity contribution in [2.75, 3.05) is 6.61 Å². The molecule has 4 heteroatoms. The first kappa shape index (κ1) is 12.9. The van der Waals surface area contributed by atoms with Gasteiger partial charge in [-0.1, -0.05) is 6.08 Å². The molecule has 0 N–H and O–H groups in total. The minimum Gasteiger partial charge on any atom is -0.464 e. The summed E-state index contributed by atoms with van der Waals surface area (Å²) in [4.78, 5) is 16.3. The van der Waals surface area contributed by atoms with Crippen LogP contribution >= 0.6 is 0 Å². The van der Waals surface area contributed by atoms with Crippen molar-refractivity contribution in [1.29, 1.82) is 0 Å². The van der Waals surface area contributed by atoms with E-state index in [-0.39, 0.29) is 12.0 Å². The standard InChI is InChI=1S/C14H20N2O2/c1-3-18-14(17)13(12-7-5-4-6-8-12)16-9-11(2)15-10-16/h7,9-10,13H,3-6,8H2,1-2H3. The molecule has 98 valence electrons. The van der Waals surface area contributed by atoms with E-state index in [1.807, 2.05) is 24.6 Å². The van der Waals surface area contributed by atoms with Crippen LogP contribution in [0.2, 0.25) is 0 Å². The van der Waals surface area contributed by atoms with Crippen LogP contribution in [0.1, 0.15) is 44.3 Å². The number of hydrogen-bond acceptors (Lipinski definition) is 3. The molecule has 0 saturated carbocycles. The predicted molar refractivity (Wildman–Crippen MR) is 69.2 cm³/mol. The number of ether oxygens (including phenoxy) is 1. The van der Waals surface area contributed by atoms with Crippen molar-refractivity contribution >= 4 is 5.97 Å². The van der Waals surface area contributed by atoms with Gasteiger partial charge in [-0.05, 0) is 45.1 Å². The Morgan fingerprint density at radius 2 is 2.39 bits per heavy atom. The van der Waals surface area contributed by atoms with Crippen LogP contribution in [0.15, 0.2) is 24.2 Å². The highest BCUT2D eigenvalue weighted by Crippen LogP contribution is 2.29. The lowest BCUT2D eigenvalue weighted by Crippen LogP contribution is -2.24. The van der Waals surface area contributed by atoms with Crippen LogP contribution in [0, 0.1) is 6.92 Å². The fraction of sp³-hybridized carbons (Fsp3) is 0.571. The first-order chi connectivity index (χ1) is 8.72. The maximum absolute atomic E-state index is 12.1. The maximum Gasteiger partial charge on any atom is 0.333 e. The van der Waals surface area contributed by atoms with Crippen LogP contribution in [0.25, 0.3) is 0 Å². The zero-order valence-electron chi connectivity index (χ0n) is 11.1. The minimum absolute atomic E-state index is 0.178. The van der Waals surface area contributed by atoms with Crippen molar-refractivity contribution in [3.05, 3.63) is 29.9 Å². The van der Waals surface area contributed by atoms with Gasteiger partial charge in [0.25, 0.3) is 0 Å². The molecular weight excluding hydrogens is 228 g/mol. The first-order valence-corrected chi connectivity index (χ1v) is 6.58. The summed E-state index contributed by atoms with van der Waals surface area (Å²) in [5.41, 5.74) is 2.08. The second-order valence-corrected chi connectivity index (χ2v) is 4.64. The zero-order valence-corrected chi connectivity index (χ0v) is 11.1. The summed E-state index contributed by atoms with van der Waals surface area (Å²) in [5.74, 6) is -0.178. The van der Waals surface area contributed by atoms with Gasteiger partial charge in [0.15, 0.2) is 6.04 Å². The van der Waals surface area contributed by atoms with Gasteiger partial charge in [-0.2, -0.15) is 0 Å². The fourth-order valence-electron chi connectivity index (χ4n) is 2.38. The normalized spacial score (nSPS) is 17.1. The van der Waals surface area contributed by atoms with Gasteiger partial charge in [-0.3, -0.25) is 0 Å². The number of aromatic nitrogens is 2. The van der Waals surface area contributed by atoms with Gasteiger partial charge in [-0.25, -0.2) is 9.78 Å². The lowest BCUT2D eigenvalue weighted by atomic mass is 9.93. The number of aryl methyl sites for hydroxylation is 1. The quantitative estimate of drug-likeness (QED) is 0.608. The van der Waals surface area contributed by atoms with Gasteiger partial charge in [0.2, 0.25) is 0 Å². The monoisotopic (exact) mass is 248 g/mol. The molecular formula is C14H20N2O2. The van der Waals surface area contributed by atoms with Crippen molar-refractivity contribution in [3.63, 3.8) is 0 Å². The van der Waals surface area contributed by atoms with Crippen LogP contribution in [0.4, 0.5) is 0 Å². The highest BCUT2D eigenvalue weighted by atomic mass is 16.5. The summed E-state index contributed by atoms with van der Waals surface area (Å²) in [6.45, 7) is 4.17. The topological polar surface area (TPSA) is 44.1 Å². The minimum atomic E-state index is -0.327. The highest BCUT2D eigenvalue weighted by Gasteiger charge is 2.26. The van der Waals surface area contributed by atoms with Gasteiger partial charge in [0.05, 0.1) is 18.6 Å². The SMILES string of the molecule is CCOC(=O)C(C1=CCCCC1)n1cnc(C)c1. The largest absolute Gasteiger partial charge is 0.464 e. The Bertz CT molecular complexity index is 448. The molecule has 0 saturated heterocycles. The number of hydrogen-bond donors (Lipinski definition) is 0. The number of allylic oxidation sites excluding steroid dienone is 1. The molecule has 1 aromatic heterocycles. The Hall–Kier alpha value is -1.58. The number of nitrogens with zero attached hydrogens (tertiary/aromatic N) is 2. The summed E-state index contributed by atoms with van der Waals surface area (Å²) >= 11 is 0. The lowest BCUT2D eigenvalue weighted by molar-refractivity contribution is -0.146. The third-order valence-corrected chi connectivity index (χ3v) is 3.22. The van der Waals surface area contributed by atoms with E-state index in [4.69, 9.17) is 4.74 Å². The van der Waals surface area contributed by atoms with Crippen molar-refractivity contribution in [2.45, 2.75) is 45.6 Å². The molecule has 0 aromatic carbocycles. The van der Waals surface area contributed by atoms with Gasteiger partial charge < -0.3 is 9.30 Å². The van der Waals surface area contributed by atoms with Crippen LogP contribution in [0.3, 0.4) is 0 Å². The van der Waals surface area contributed by atoms with E-state index in [0.717, 1.165) is 30.5 Å². The zero-order chi connectivity index (χ0) is 13.0. The molecule has 0 aliphatic heterocycles. The molecule has 18 heavy (non-hydrogen) atoms. The first-order valence-electron chi connectivity index (χ1n) is 6.58. The van der Waals surface area contributed by atoms with Gasteiger partial charge >= 0.3 is 5.97 Å². The summed E-state index contributed by atoms with van der Waals surface area (Å²) < 4.78 is 7.06. The molecule has 4 nitrogen and oxygen atoms in total. The number of carbonyl (C=O) groups excluding carboxylic acids is 1. The summed E-state index contributed by atoms with van der Waals surface area (Å²) in [6, 6.07) is -0.327. The Kier molecular flexibility index (Phi) is 4.18. The molecule has 2 rings (SSSR count). The van der Waals surface area contributed by atoms with E-state index >= 15 is 0 Å². The van der Waals surface area contributed by atoms with E-state index in [1.54, 1.807) is 6.33 Å². The predicted octanol–water partition coefficient (Wildman–Crippen LogP) is 2.80. The van der Waals surface area contributed by atoms with E-state index < -0.39 is 0 Å². The molecule has 1 unspecified atom stereocenters. The van der Waals surface area contributed by atoms with Gasteiger partial charge in [-0.15, -0.1) is 0 Å². The molecule has 0 radical (unpaired) electrons. The molecule has 0 spiro atoms. The summed E-state index contributed by atoms with van der Waals surface area (Å²) in [5, 5.41) is 0. The van der Waals surface area contributed by atoms with E-state index in [9.17, 15) is 4.79 Å². The van der Waals surface area contributed by atoms with Crippen molar-refractivity contribution in [1.82, 2.24) is 9.55 Å². The summed E-state index contributed by atoms with van der Waals surface area (Å²) in [6.07, 6.45) is 10.2. The molecule has 1 aliphatic carbocycles. The molecule has 0 amide bonds. The van der Waals surface area contributed by atoms with E-state index in [2.05, 4.69) is 11.1 Å². The average molecular weight is 248 g/mol. The lowest BCUT2D eigenvalue weighted by Gasteiger charge is -2.22. The Morgan fingerprint density at radius 1 is 1.56 bits per heavy atom. The van der Waals surface area contributed by atoms with E-state index in [1.165, 1.54) is 6.42 Å². The number of carbonyl (C=O) groups is 1. The Labute approximate surface area is 108 Å². The Balaban J connectivity index is 2.27. The molecule has 1 heterocycles. The molecule has 0 bridgehead atoms. The number of esters is 1. The third-order valence-electron chi connectivity index (χ3n) is 3.22. The van der Waals surface area contributed by atoms with Gasteiger partial charge in [0, 0.05) is 6.20 Å². The van der Waals surface area contributed by atoms with Crippen LogP contribution in [-0.2, 0) is 9.53 Å². The molecule has 0 fully saturated rings. The van der Waals surface area contributed by atoms with E-state index in [0.29, 0.717) is 6.61 Å².